The Kier molecular flexibility index (Phi) is 3.57. The molecule has 0 N–H and O–H groups in total. The molecule has 2 nitrogen and oxygen atoms in total. The first-order valence-electron chi connectivity index (χ1n) is 6.11. The number of likely N-dealkylation sites (tertiary alicyclic amines) is 1. The minimum atomic E-state index is 0.407. The molecule has 0 spiro atoms. The van der Waals surface area contributed by atoms with Crippen LogP contribution in [0.5, 0.6) is 0 Å². The van der Waals surface area contributed by atoms with Crippen molar-refractivity contribution in [2.45, 2.75) is 44.9 Å². The first-order valence-corrected chi connectivity index (χ1v) is 6.11. The van der Waals surface area contributed by atoms with E-state index in [-0.39, 0.29) is 0 Å². The normalized spacial score (nSPS) is 25.4. The molecule has 2 fully saturated rings. The van der Waals surface area contributed by atoms with Gasteiger partial charge >= 0.3 is 0 Å². The molecular formula is C12H21NO. The predicted molar refractivity (Wildman–Crippen MR) is 57.3 cm³/mol. The molecule has 2 aliphatic rings. The molecule has 0 aromatic rings. The van der Waals surface area contributed by atoms with Crippen LogP contribution in [0, 0.1) is 5.92 Å². The van der Waals surface area contributed by atoms with Crippen LogP contribution in [0.2, 0.25) is 0 Å². The number of hydrogen-bond acceptors (Lipinski definition) is 2. The summed E-state index contributed by atoms with van der Waals surface area (Å²) in [6, 6.07) is 0. The van der Waals surface area contributed by atoms with Gasteiger partial charge in [0.05, 0.1) is 6.54 Å². The first kappa shape index (κ1) is 10.2. The van der Waals surface area contributed by atoms with Gasteiger partial charge in [0, 0.05) is 5.92 Å². The monoisotopic (exact) mass is 195 g/mol. The number of hydrogen-bond donors (Lipinski definition) is 0. The summed E-state index contributed by atoms with van der Waals surface area (Å²) in [5.74, 6) is 0.927. The van der Waals surface area contributed by atoms with Crippen LogP contribution < -0.4 is 0 Å². The van der Waals surface area contributed by atoms with Crippen LogP contribution in [0.3, 0.4) is 0 Å². The van der Waals surface area contributed by atoms with Crippen LogP contribution >= 0.6 is 0 Å². The quantitative estimate of drug-likeness (QED) is 0.688. The van der Waals surface area contributed by atoms with Crippen molar-refractivity contribution in [3.8, 4) is 0 Å². The molecule has 1 aliphatic heterocycles. The Morgan fingerprint density at radius 1 is 1.00 bits per heavy atom. The Morgan fingerprint density at radius 2 is 1.64 bits per heavy atom. The molecule has 1 heterocycles. The Morgan fingerprint density at radius 3 is 2.29 bits per heavy atom. The topological polar surface area (TPSA) is 20.3 Å². The number of Topliss-reactive ketones (excluding diaryl/α,β-unsaturated/α-hetero) is 1. The van der Waals surface area contributed by atoms with Crippen LogP contribution in [0.25, 0.3) is 0 Å². The van der Waals surface area contributed by atoms with E-state index in [2.05, 4.69) is 4.90 Å². The van der Waals surface area contributed by atoms with E-state index in [1.807, 2.05) is 0 Å². The summed E-state index contributed by atoms with van der Waals surface area (Å²) in [5.41, 5.74) is 0. The number of nitrogens with zero attached hydrogens (tertiary/aromatic N) is 1. The van der Waals surface area contributed by atoms with Crippen LogP contribution in [0.4, 0.5) is 0 Å². The van der Waals surface area contributed by atoms with Crippen molar-refractivity contribution in [3.05, 3.63) is 0 Å². The Labute approximate surface area is 86.7 Å². The minimum absolute atomic E-state index is 0.407. The molecule has 1 saturated heterocycles. The number of carbonyl (C=O) groups excluding carboxylic acids is 1. The second kappa shape index (κ2) is 4.92. The van der Waals surface area contributed by atoms with Crippen LogP contribution in [-0.2, 0) is 4.79 Å². The van der Waals surface area contributed by atoms with E-state index in [4.69, 9.17) is 0 Å². The smallest absolute Gasteiger partial charge is 0.149 e. The van der Waals surface area contributed by atoms with Crippen LogP contribution in [0.1, 0.15) is 44.9 Å². The summed E-state index contributed by atoms with van der Waals surface area (Å²) in [4.78, 5) is 14.2. The van der Waals surface area contributed by atoms with E-state index in [0.29, 0.717) is 11.7 Å². The Bertz CT molecular complexity index is 190. The van der Waals surface area contributed by atoms with Gasteiger partial charge in [-0.3, -0.25) is 9.69 Å². The van der Waals surface area contributed by atoms with Crippen molar-refractivity contribution < 1.29 is 4.79 Å². The highest BCUT2D eigenvalue weighted by Gasteiger charge is 2.23. The predicted octanol–water partition coefficient (Wildman–Crippen LogP) is 2.23. The lowest BCUT2D eigenvalue weighted by atomic mass is 9.86. The molecule has 0 atom stereocenters. The molecule has 1 aliphatic carbocycles. The van der Waals surface area contributed by atoms with Gasteiger partial charge in [0.2, 0.25) is 0 Å². The largest absolute Gasteiger partial charge is 0.298 e. The Balaban J connectivity index is 1.75. The van der Waals surface area contributed by atoms with E-state index >= 15 is 0 Å². The van der Waals surface area contributed by atoms with Crippen molar-refractivity contribution in [3.63, 3.8) is 0 Å². The molecule has 1 saturated carbocycles. The molecule has 0 bridgehead atoms. The summed E-state index contributed by atoms with van der Waals surface area (Å²) in [7, 11) is 0. The highest BCUT2D eigenvalue weighted by molar-refractivity contribution is 5.83. The van der Waals surface area contributed by atoms with Crippen molar-refractivity contribution >= 4 is 5.78 Å². The Hall–Kier alpha value is -0.370. The lowest BCUT2D eigenvalue weighted by Crippen LogP contribution is -2.31. The second-order valence-corrected chi connectivity index (χ2v) is 4.78. The van der Waals surface area contributed by atoms with Crippen LogP contribution in [0.15, 0.2) is 0 Å². The van der Waals surface area contributed by atoms with E-state index < -0.39 is 0 Å². The molecule has 0 amide bonds. The minimum Gasteiger partial charge on any atom is -0.298 e. The van der Waals surface area contributed by atoms with Gasteiger partial charge in [-0.1, -0.05) is 19.3 Å². The average molecular weight is 195 g/mol. The summed E-state index contributed by atoms with van der Waals surface area (Å²) in [6.07, 6.45) is 8.79. The van der Waals surface area contributed by atoms with Gasteiger partial charge in [-0.2, -0.15) is 0 Å². The summed E-state index contributed by atoms with van der Waals surface area (Å²) in [6.45, 7) is 3.04. The zero-order chi connectivity index (χ0) is 9.80. The fourth-order valence-electron chi connectivity index (χ4n) is 2.71. The van der Waals surface area contributed by atoms with Crippen LogP contribution in [-0.4, -0.2) is 30.3 Å². The van der Waals surface area contributed by atoms with Gasteiger partial charge in [-0.25, -0.2) is 0 Å². The molecule has 0 unspecified atom stereocenters. The van der Waals surface area contributed by atoms with Gasteiger partial charge in [-0.15, -0.1) is 0 Å². The summed E-state index contributed by atoms with van der Waals surface area (Å²) >= 11 is 0. The highest BCUT2D eigenvalue weighted by Crippen LogP contribution is 2.24. The maximum absolute atomic E-state index is 11.9. The SMILES string of the molecule is O=C(CN1CCCC1)C1CCCCC1. The lowest BCUT2D eigenvalue weighted by Gasteiger charge is -2.23. The highest BCUT2D eigenvalue weighted by atomic mass is 16.1. The zero-order valence-electron chi connectivity index (χ0n) is 9.00. The summed E-state index contributed by atoms with van der Waals surface area (Å²) in [5, 5.41) is 0. The molecule has 0 radical (unpaired) electrons. The van der Waals surface area contributed by atoms with E-state index in [0.717, 1.165) is 32.5 Å². The molecular weight excluding hydrogens is 174 g/mol. The van der Waals surface area contributed by atoms with E-state index in [1.165, 1.54) is 32.1 Å². The summed E-state index contributed by atoms with van der Waals surface area (Å²) < 4.78 is 0. The molecule has 80 valence electrons. The van der Waals surface area contributed by atoms with Crippen molar-refractivity contribution in [1.29, 1.82) is 0 Å². The van der Waals surface area contributed by atoms with Crippen molar-refractivity contribution in [1.82, 2.24) is 4.90 Å². The average Bonchev–Trinajstić information content (AvgIpc) is 2.72. The fraction of sp³-hybridized carbons (Fsp3) is 0.917. The zero-order valence-corrected chi connectivity index (χ0v) is 9.00. The molecule has 2 heteroatoms. The molecule has 0 aromatic carbocycles. The van der Waals surface area contributed by atoms with E-state index in [9.17, 15) is 4.79 Å². The standard InChI is InChI=1S/C12H21NO/c14-12(10-13-8-4-5-9-13)11-6-2-1-3-7-11/h11H,1-10H2. The van der Waals surface area contributed by atoms with E-state index in [1.54, 1.807) is 0 Å². The van der Waals surface area contributed by atoms with Gasteiger partial charge in [0.1, 0.15) is 5.78 Å². The number of ketones is 1. The maximum atomic E-state index is 11.9. The first-order chi connectivity index (χ1) is 6.86. The van der Waals surface area contributed by atoms with Gasteiger partial charge in [0.25, 0.3) is 0 Å². The maximum Gasteiger partial charge on any atom is 0.149 e. The lowest BCUT2D eigenvalue weighted by molar-refractivity contribution is -0.124. The van der Waals surface area contributed by atoms with Crippen molar-refractivity contribution in [2.24, 2.45) is 5.92 Å². The third kappa shape index (κ3) is 2.57. The number of rotatable bonds is 3. The molecule has 14 heavy (non-hydrogen) atoms. The van der Waals surface area contributed by atoms with Crippen molar-refractivity contribution in [2.75, 3.05) is 19.6 Å². The van der Waals surface area contributed by atoms with Gasteiger partial charge < -0.3 is 0 Å². The fourth-order valence-corrected chi connectivity index (χ4v) is 2.71. The number of carbonyl (C=O) groups is 1. The van der Waals surface area contributed by atoms with Gasteiger partial charge in [-0.05, 0) is 38.8 Å². The molecule has 2 rings (SSSR count). The second-order valence-electron chi connectivity index (χ2n) is 4.78. The third-order valence-electron chi connectivity index (χ3n) is 3.64. The molecule has 0 aromatic heterocycles. The van der Waals surface area contributed by atoms with Gasteiger partial charge in [0.15, 0.2) is 0 Å². The third-order valence-corrected chi connectivity index (χ3v) is 3.64.